The summed E-state index contributed by atoms with van der Waals surface area (Å²) in [5, 5.41) is 12.5. The number of nitrogens with zero attached hydrogens (tertiary/aromatic N) is 2. The second-order valence-corrected chi connectivity index (χ2v) is 8.98. The second kappa shape index (κ2) is 7.23. The van der Waals surface area contributed by atoms with E-state index in [2.05, 4.69) is 4.98 Å². The molecular formula is C21H21ClN2O2S. The highest BCUT2D eigenvalue weighted by molar-refractivity contribution is 7.84. The first-order valence-corrected chi connectivity index (χ1v) is 10.8. The number of rotatable bonds is 7. The van der Waals surface area contributed by atoms with Gasteiger partial charge in [-0.1, -0.05) is 54.1 Å². The molecule has 140 valence electrons. The third kappa shape index (κ3) is 3.47. The molecule has 1 aromatic heterocycles. The van der Waals surface area contributed by atoms with Crippen LogP contribution < -0.4 is 0 Å². The zero-order valence-electron chi connectivity index (χ0n) is 14.8. The number of benzene rings is 2. The van der Waals surface area contributed by atoms with Gasteiger partial charge in [-0.25, -0.2) is 4.98 Å². The zero-order valence-corrected chi connectivity index (χ0v) is 16.4. The van der Waals surface area contributed by atoms with E-state index in [1.807, 2.05) is 53.2 Å². The molecule has 2 atom stereocenters. The molecule has 0 saturated heterocycles. The van der Waals surface area contributed by atoms with Gasteiger partial charge in [-0.05, 0) is 36.1 Å². The van der Waals surface area contributed by atoms with Gasteiger partial charge in [0.05, 0.1) is 17.6 Å². The van der Waals surface area contributed by atoms with Crippen LogP contribution in [0.4, 0.5) is 0 Å². The normalized spacial score (nSPS) is 18.6. The number of hydrogen-bond donors (Lipinski definition) is 1. The Morgan fingerprint density at radius 1 is 1.15 bits per heavy atom. The Morgan fingerprint density at radius 2 is 1.85 bits per heavy atom. The molecule has 0 aliphatic heterocycles. The van der Waals surface area contributed by atoms with E-state index in [1.54, 1.807) is 24.7 Å². The van der Waals surface area contributed by atoms with Gasteiger partial charge in [0.25, 0.3) is 0 Å². The molecule has 1 saturated carbocycles. The molecule has 1 N–H and O–H groups in total. The van der Waals surface area contributed by atoms with Crippen LogP contribution in [0.3, 0.4) is 0 Å². The SMILES string of the molecule is O=S(Cc1ccccc1)CC(O)(c1ccc(Cl)cc1)C1(n2ccnc2)CC1. The van der Waals surface area contributed by atoms with E-state index in [0.717, 1.165) is 24.0 Å². The highest BCUT2D eigenvalue weighted by atomic mass is 35.5. The molecule has 0 amide bonds. The van der Waals surface area contributed by atoms with Crippen molar-refractivity contribution in [3.05, 3.63) is 89.5 Å². The predicted molar refractivity (Wildman–Crippen MR) is 108 cm³/mol. The molecule has 1 fully saturated rings. The van der Waals surface area contributed by atoms with Crippen molar-refractivity contribution in [2.24, 2.45) is 0 Å². The first kappa shape index (κ1) is 18.4. The van der Waals surface area contributed by atoms with Gasteiger partial charge in [-0.15, -0.1) is 0 Å². The van der Waals surface area contributed by atoms with Crippen LogP contribution in [-0.2, 0) is 27.7 Å². The van der Waals surface area contributed by atoms with Crippen LogP contribution in [-0.4, -0.2) is 24.6 Å². The van der Waals surface area contributed by atoms with E-state index >= 15 is 0 Å². The second-order valence-electron chi connectivity index (χ2n) is 7.08. The third-order valence-corrected chi connectivity index (χ3v) is 7.00. The number of aliphatic hydroxyl groups is 1. The zero-order chi connectivity index (χ0) is 18.9. The Kier molecular flexibility index (Phi) is 4.93. The molecule has 1 aliphatic rings. The summed E-state index contributed by atoms with van der Waals surface area (Å²) in [6, 6.07) is 16.9. The van der Waals surface area contributed by atoms with E-state index in [0.29, 0.717) is 10.8 Å². The minimum absolute atomic E-state index is 0.154. The van der Waals surface area contributed by atoms with Crippen molar-refractivity contribution in [1.82, 2.24) is 9.55 Å². The van der Waals surface area contributed by atoms with Crippen molar-refractivity contribution in [2.75, 3.05) is 5.75 Å². The van der Waals surface area contributed by atoms with E-state index < -0.39 is 21.9 Å². The van der Waals surface area contributed by atoms with Crippen LogP contribution in [0.5, 0.6) is 0 Å². The summed E-state index contributed by atoms with van der Waals surface area (Å²) in [7, 11) is -1.23. The lowest BCUT2D eigenvalue weighted by atomic mass is 9.85. The minimum atomic E-state index is -1.27. The summed E-state index contributed by atoms with van der Waals surface area (Å²) in [6.45, 7) is 0. The Labute approximate surface area is 166 Å². The van der Waals surface area contributed by atoms with Crippen LogP contribution in [0.1, 0.15) is 24.0 Å². The lowest BCUT2D eigenvalue weighted by molar-refractivity contribution is -0.0108. The maximum absolute atomic E-state index is 13.0. The van der Waals surface area contributed by atoms with Crippen LogP contribution in [0, 0.1) is 0 Å². The van der Waals surface area contributed by atoms with Gasteiger partial charge < -0.3 is 9.67 Å². The number of imidazole rings is 1. The van der Waals surface area contributed by atoms with Crippen molar-refractivity contribution in [2.45, 2.75) is 29.7 Å². The molecule has 2 aromatic carbocycles. The van der Waals surface area contributed by atoms with E-state index in [4.69, 9.17) is 11.6 Å². The van der Waals surface area contributed by atoms with Gasteiger partial charge in [-0.3, -0.25) is 4.21 Å². The van der Waals surface area contributed by atoms with Crippen LogP contribution >= 0.6 is 11.6 Å². The molecule has 4 nitrogen and oxygen atoms in total. The van der Waals surface area contributed by atoms with Gasteiger partial charge in [-0.2, -0.15) is 0 Å². The molecule has 6 heteroatoms. The summed E-state index contributed by atoms with van der Waals surface area (Å²) in [5.41, 5.74) is -0.0528. The van der Waals surface area contributed by atoms with Crippen LogP contribution in [0.25, 0.3) is 0 Å². The Balaban J connectivity index is 1.68. The van der Waals surface area contributed by atoms with Crippen molar-refractivity contribution >= 4 is 22.4 Å². The summed E-state index contributed by atoms with van der Waals surface area (Å²) in [5.74, 6) is 0.568. The smallest absolute Gasteiger partial charge is 0.124 e. The first-order valence-electron chi connectivity index (χ1n) is 8.89. The average Bonchev–Trinajstić information content (AvgIpc) is 3.30. The Bertz CT molecular complexity index is 925. The first-order chi connectivity index (χ1) is 13.0. The molecule has 0 bridgehead atoms. The van der Waals surface area contributed by atoms with E-state index in [9.17, 15) is 9.32 Å². The van der Waals surface area contributed by atoms with E-state index in [-0.39, 0.29) is 5.75 Å². The van der Waals surface area contributed by atoms with Crippen LogP contribution in [0.15, 0.2) is 73.3 Å². The molecule has 1 heterocycles. The molecule has 0 radical (unpaired) electrons. The molecule has 3 aromatic rings. The highest BCUT2D eigenvalue weighted by Gasteiger charge is 2.61. The quantitative estimate of drug-likeness (QED) is 0.655. The third-order valence-electron chi connectivity index (χ3n) is 5.35. The maximum atomic E-state index is 13.0. The average molecular weight is 401 g/mol. The fourth-order valence-electron chi connectivity index (χ4n) is 3.77. The molecule has 2 unspecified atom stereocenters. The van der Waals surface area contributed by atoms with Gasteiger partial charge in [0.2, 0.25) is 0 Å². The summed E-state index contributed by atoms with van der Waals surface area (Å²) < 4.78 is 15.0. The summed E-state index contributed by atoms with van der Waals surface area (Å²) in [6.07, 6.45) is 6.93. The fraction of sp³-hybridized carbons (Fsp3) is 0.286. The molecule has 1 aliphatic carbocycles. The fourth-order valence-corrected chi connectivity index (χ4v) is 5.47. The molecule has 4 rings (SSSR count). The standard InChI is InChI=1S/C21H21ClN2O2S/c22-19-8-6-18(7-9-19)21(25,20(10-11-20)24-13-12-23-16-24)15-27(26)14-17-4-2-1-3-5-17/h1-9,12-13,16,25H,10-11,14-15H2. The van der Waals surface area contributed by atoms with Crippen molar-refractivity contribution < 1.29 is 9.32 Å². The van der Waals surface area contributed by atoms with Gasteiger partial charge in [0.1, 0.15) is 5.60 Å². The number of hydrogen-bond acceptors (Lipinski definition) is 3. The predicted octanol–water partition coefficient (Wildman–Crippen LogP) is 3.86. The maximum Gasteiger partial charge on any atom is 0.124 e. The van der Waals surface area contributed by atoms with E-state index in [1.165, 1.54) is 0 Å². The van der Waals surface area contributed by atoms with Gasteiger partial charge >= 0.3 is 0 Å². The van der Waals surface area contributed by atoms with Gasteiger partial charge in [0, 0.05) is 34.0 Å². The molecule has 27 heavy (non-hydrogen) atoms. The largest absolute Gasteiger partial charge is 0.382 e. The topological polar surface area (TPSA) is 55.1 Å². The monoisotopic (exact) mass is 400 g/mol. The number of aromatic nitrogens is 2. The summed E-state index contributed by atoms with van der Waals surface area (Å²) >= 11 is 6.05. The lowest BCUT2D eigenvalue weighted by Crippen LogP contribution is -2.47. The van der Waals surface area contributed by atoms with Crippen molar-refractivity contribution in [1.29, 1.82) is 0 Å². The Hall–Kier alpha value is -1.95. The van der Waals surface area contributed by atoms with Crippen molar-refractivity contribution in [3.63, 3.8) is 0 Å². The molecular weight excluding hydrogens is 380 g/mol. The minimum Gasteiger partial charge on any atom is -0.382 e. The lowest BCUT2D eigenvalue weighted by Gasteiger charge is -2.38. The highest BCUT2D eigenvalue weighted by Crippen LogP contribution is 2.56. The van der Waals surface area contributed by atoms with Crippen LogP contribution in [0.2, 0.25) is 5.02 Å². The number of halogens is 1. The molecule has 0 spiro atoms. The van der Waals surface area contributed by atoms with Crippen molar-refractivity contribution in [3.8, 4) is 0 Å². The van der Waals surface area contributed by atoms with Gasteiger partial charge in [0.15, 0.2) is 0 Å². The summed E-state index contributed by atoms with van der Waals surface area (Å²) in [4.78, 5) is 4.15. The Morgan fingerprint density at radius 3 is 2.44 bits per heavy atom.